The van der Waals surface area contributed by atoms with Gasteiger partial charge in [-0.25, -0.2) is 0 Å². The van der Waals surface area contributed by atoms with Crippen LogP contribution in [0.2, 0.25) is 5.02 Å². The lowest BCUT2D eigenvalue weighted by Gasteiger charge is -2.39. The van der Waals surface area contributed by atoms with Gasteiger partial charge in [-0.3, -0.25) is 9.59 Å². The zero-order valence-corrected chi connectivity index (χ0v) is 18.2. The van der Waals surface area contributed by atoms with E-state index >= 15 is 0 Å². The Kier molecular flexibility index (Phi) is 5.70. The molecule has 0 bridgehead atoms. The molecule has 0 aliphatic carbocycles. The van der Waals surface area contributed by atoms with Crippen LogP contribution in [0.15, 0.2) is 66.7 Å². The van der Waals surface area contributed by atoms with E-state index in [-0.39, 0.29) is 18.0 Å². The molecule has 0 aromatic heterocycles. The minimum atomic E-state index is -0.449. The molecule has 0 fully saturated rings. The molecule has 0 saturated heterocycles. The Morgan fingerprint density at radius 3 is 2.26 bits per heavy atom. The van der Waals surface area contributed by atoms with Gasteiger partial charge in [-0.05, 0) is 78.6 Å². The van der Waals surface area contributed by atoms with E-state index in [2.05, 4.69) is 18.3 Å². The summed E-state index contributed by atoms with van der Waals surface area (Å²) in [5.74, 6) is -0.424. The predicted molar refractivity (Wildman–Crippen MR) is 125 cm³/mol. The number of hydrogen-bond acceptors (Lipinski definition) is 3. The van der Waals surface area contributed by atoms with Gasteiger partial charge < -0.3 is 16.0 Å². The molecule has 3 aromatic carbocycles. The highest BCUT2D eigenvalue weighted by molar-refractivity contribution is 6.30. The number of carbonyl (C=O) groups is 2. The summed E-state index contributed by atoms with van der Waals surface area (Å²) in [6, 6.07) is 21.1. The number of nitrogens with zero attached hydrogens (tertiary/aromatic N) is 1. The Hall–Kier alpha value is -3.31. The van der Waals surface area contributed by atoms with Crippen molar-refractivity contribution in [2.45, 2.75) is 32.4 Å². The van der Waals surface area contributed by atoms with Crippen molar-refractivity contribution < 1.29 is 9.59 Å². The maximum absolute atomic E-state index is 12.4. The van der Waals surface area contributed by atoms with Gasteiger partial charge in [0.1, 0.15) is 0 Å². The third kappa shape index (κ3) is 4.28. The molecule has 5 nitrogen and oxygen atoms in total. The average molecular weight is 434 g/mol. The first kappa shape index (κ1) is 20.9. The van der Waals surface area contributed by atoms with Crippen LogP contribution >= 0.6 is 11.6 Å². The molecule has 0 spiro atoms. The Labute approximate surface area is 186 Å². The minimum Gasteiger partial charge on any atom is -0.378 e. The molecular formula is C25H24ClN3O2. The van der Waals surface area contributed by atoms with Crippen LogP contribution in [0.5, 0.6) is 0 Å². The topological polar surface area (TPSA) is 75.4 Å². The summed E-state index contributed by atoms with van der Waals surface area (Å²) in [5.41, 5.74) is 10.8. The number of carbonyl (C=O) groups excluding carboxylic acids is 2. The third-order valence-corrected chi connectivity index (χ3v) is 5.96. The summed E-state index contributed by atoms with van der Waals surface area (Å²) in [6.45, 7) is 3.67. The van der Waals surface area contributed by atoms with Crippen molar-refractivity contribution in [3.8, 4) is 11.1 Å². The third-order valence-electron chi connectivity index (χ3n) is 5.71. The number of amides is 2. The Bertz CT molecular complexity index is 1130. The van der Waals surface area contributed by atoms with Crippen molar-refractivity contribution in [2.24, 2.45) is 5.73 Å². The maximum atomic E-state index is 12.4. The molecule has 3 N–H and O–H groups in total. The summed E-state index contributed by atoms with van der Waals surface area (Å²) in [4.78, 5) is 25.6. The van der Waals surface area contributed by atoms with Crippen molar-refractivity contribution in [3.63, 3.8) is 0 Å². The number of primary amides is 1. The molecule has 0 radical (unpaired) electrons. The highest BCUT2D eigenvalue weighted by Gasteiger charge is 2.32. The molecule has 2 amide bonds. The van der Waals surface area contributed by atoms with Crippen molar-refractivity contribution in [1.29, 1.82) is 0 Å². The number of benzene rings is 3. The number of fused-ring (bicyclic) bond motifs is 1. The number of hydrogen-bond donors (Lipinski definition) is 2. The van der Waals surface area contributed by atoms with E-state index in [0.29, 0.717) is 10.6 Å². The first-order chi connectivity index (χ1) is 14.8. The van der Waals surface area contributed by atoms with E-state index in [1.54, 1.807) is 19.1 Å². The highest BCUT2D eigenvalue weighted by atomic mass is 35.5. The largest absolute Gasteiger partial charge is 0.378 e. The number of anilines is 2. The zero-order chi connectivity index (χ0) is 22.1. The second-order valence-electron chi connectivity index (χ2n) is 7.89. The monoisotopic (exact) mass is 433 g/mol. The van der Waals surface area contributed by atoms with Crippen LogP contribution in [-0.2, 0) is 4.79 Å². The summed E-state index contributed by atoms with van der Waals surface area (Å²) >= 11 is 6.03. The lowest BCUT2D eigenvalue weighted by atomic mass is 9.88. The molecule has 4 rings (SSSR count). The van der Waals surface area contributed by atoms with E-state index in [4.69, 9.17) is 17.3 Å². The summed E-state index contributed by atoms with van der Waals surface area (Å²) in [7, 11) is 0. The van der Waals surface area contributed by atoms with Crippen LogP contribution in [-0.4, -0.2) is 17.9 Å². The van der Waals surface area contributed by atoms with Crippen LogP contribution in [0.3, 0.4) is 0 Å². The summed E-state index contributed by atoms with van der Waals surface area (Å²) < 4.78 is 0. The normalized spacial score (nSPS) is 17.7. The van der Waals surface area contributed by atoms with Gasteiger partial charge in [0.15, 0.2) is 0 Å². The van der Waals surface area contributed by atoms with Crippen molar-refractivity contribution in [1.82, 2.24) is 0 Å². The Morgan fingerprint density at radius 2 is 1.65 bits per heavy atom. The van der Waals surface area contributed by atoms with Crippen LogP contribution in [0.4, 0.5) is 11.4 Å². The smallest absolute Gasteiger partial charge is 0.248 e. The molecule has 2 atom stereocenters. The molecule has 0 saturated carbocycles. The fourth-order valence-electron chi connectivity index (χ4n) is 4.23. The fourth-order valence-corrected chi connectivity index (χ4v) is 4.36. The standard InChI is InChI=1S/C25H24ClN3O2/c1-15-13-23(28-21-10-8-20(26)9-11-21)22-14-19(7-12-24(22)29(15)16(2)30)17-3-5-18(6-4-17)25(27)31/h3-12,14-15,23,28H,13H2,1-2H3,(H2,27,31). The fraction of sp³-hybridized carbons (Fsp3) is 0.200. The predicted octanol–water partition coefficient (Wildman–Crippen LogP) is 5.40. The molecule has 158 valence electrons. The summed E-state index contributed by atoms with van der Waals surface area (Å²) in [5, 5.41) is 4.29. The van der Waals surface area contributed by atoms with Crippen LogP contribution in [0.25, 0.3) is 11.1 Å². The minimum absolute atomic E-state index is 0.0252. The van der Waals surface area contributed by atoms with Gasteiger partial charge in [0.05, 0.1) is 6.04 Å². The van der Waals surface area contributed by atoms with Gasteiger partial charge in [0.2, 0.25) is 11.8 Å². The van der Waals surface area contributed by atoms with Crippen molar-refractivity contribution in [3.05, 3.63) is 82.9 Å². The maximum Gasteiger partial charge on any atom is 0.248 e. The molecule has 1 aliphatic rings. The van der Waals surface area contributed by atoms with E-state index in [0.717, 1.165) is 34.5 Å². The molecule has 31 heavy (non-hydrogen) atoms. The van der Waals surface area contributed by atoms with Gasteiger partial charge in [-0.1, -0.05) is 29.8 Å². The zero-order valence-electron chi connectivity index (χ0n) is 17.4. The molecule has 2 unspecified atom stereocenters. The Morgan fingerprint density at radius 1 is 1.00 bits per heavy atom. The number of nitrogens with one attached hydrogen (secondary N) is 1. The van der Waals surface area contributed by atoms with Gasteiger partial charge in [-0.15, -0.1) is 0 Å². The molecule has 1 aliphatic heterocycles. The van der Waals surface area contributed by atoms with Gasteiger partial charge in [-0.2, -0.15) is 0 Å². The van der Waals surface area contributed by atoms with Crippen LogP contribution in [0, 0.1) is 0 Å². The van der Waals surface area contributed by atoms with Crippen molar-refractivity contribution >= 4 is 34.8 Å². The highest BCUT2D eigenvalue weighted by Crippen LogP contribution is 2.41. The molecule has 3 aromatic rings. The van der Waals surface area contributed by atoms with E-state index in [1.807, 2.05) is 53.4 Å². The van der Waals surface area contributed by atoms with Gasteiger partial charge in [0.25, 0.3) is 0 Å². The van der Waals surface area contributed by atoms with Gasteiger partial charge in [0, 0.05) is 34.9 Å². The lowest BCUT2D eigenvalue weighted by Crippen LogP contribution is -2.43. The second-order valence-corrected chi connectivity index (χ2v) is 8.33. The van der Waals surface area contributed by atoms with Crippen LogP contribution < -0.4 is 16.0 Å². The molecule has 1 heterocycles. The summed E-state index contributed by atoms with van der Waals surface area (Å²) in [6.07, 6.45) is 0.777. The Balaban J connectivity index is 1.75. The number of nitrogens with two attached hydrogens (primary N) is 1. The average Bonchev–Trinajstić information content (AvgIpc) is 2.75. The van der Waals surface area contributed by atoms with Crippen molar-refractivity contribution in [2.75, 3.05) is 10.2 Å². The van der Waals surface area contributed by atoms with Crippen LogP contribution in [0.1, 0.15) is 42.2 Å². The number of rotatable bonds is 4. The quantitative estimate of drug-likeness (QED) is 0.578. The van der Waals surface area contributed by atoms with E-state index in [9.17, 15) is 9.59 Å². The first-order valence-corrected chi connectivity index (χ1v) is 10.6. The molecular weight excluding hydrogens is 410 g/mol. The second kappa shape index (κ2) is 8.44. The molecule has 6 heteroatoms. The first-order valence-electron chi connectivity index (χ1n) is 10.2. The lowest BCUT2D eigenvalue weighted by molar-refractivity contribution is -0.117. The van der Waals surface area contributed by atoms with Gasteiger partial charge >= 0.3 is 0 Å². The van der Waals surface area contributed by atoms with E-state index < -0.39 is 5.91 Å². The SMILES string of the molecule is CC(=O)N1c2ccc(-c3ccc(C(N)=O)cc3)cc2C(Nc2ccc(Cl)cc2)CC1C. The number of halogens is 1. The van der Waals surface area contributed by atoms with E-state index in [1.165, 1.54) is 0 Å².